The van der Waals surface area contributed by atoms with Crippen molar-refractivity contribution in [3.63, 3.8) is 0 Å². The molecule has 1 atom stereocenters. The number of Topliss-reactive ketones (excluding diaryl/α,β-unsaturated/α-hetero) is 1. The Morgan fingerprint density at radius 1 is 1.38 bits per heavy atom. The quantitative estimate of drug-likeness (QED) is 0.821. The minimum absolute atomic E-state index is 0.221. The number of ether oxygens (including phenoxy) is 2. The summed E-state index contributed by atoms with van der Waals surface area (Å²) in [6, 6.07) is 2.61. The van der Waals surface area contributed by atoms with Crippen LogP contribution in [0.15, 0.2) is 12.1 Å². The summed E-state index contributed by atoms with van der Waals surface area (Å²) >= 11 is 6.02. The molecule has 0 amide bonds. The standard InChI is InChI=1S/C11H14ClNO3/c1-6(13)10(14)7-4-5-8(15-2)9(12)11(7)16-3/h4-6H,13H2,1-3H3. The predicted molar refractivity (Wildman–Crippen MR) is 62.5 cm³/mol. The monoisotopic (exact) mass is 243 g/mol. The Balaban J connectivity index is 3.31. The van der Waals surface area contributed by atoms with Crippen LogP contribution in [0.25, 0.3) is 0 Å². The van der Waals surface area contributed by atoms with Gasteiger partial charge in [0, 0.05) is 0 Å². The van der Waals surface area contributed by atoms with Crippen molar-refractivity contribution in [2.75, 3.05) is 14.2 Å². The van der Waals surface area contributed by atoms with E-state index in [1.165, 1.54) is 14.2 Å². The molecule has 1 rings (SSSR count). The second-order valence-corrected chi connectivity index (χ2v) is 3.69. The number of nitrogens with two attached hydrogens (primary N) is 1. The molecule has 88 valence electrons. The Kier molecular flexibility index (Phi) is 4.15. The van der Waals surface area contributed by atoms with E-state index in [4.69, 9.17) is 26.8 Å². The van der Waals surface area contributed by atoms with Gasteiger partial charge in [0.25, 0.3) is 0 Å². The molecule has 0 fully saturated rings. The predicted octanol–water partition coefficient (Wildman–Crippen LogP) is 1.89. The van der Waals surface area contributed by atoms with Gasteiger partial charge in [-0.25, -0.2) is 0 Å². The summed E-state index contributed by atoms with van der Waals surface area (Å²) in [5.41, 5.74) is 5.90. The molecule has 0 aliphatic carbocycles. The van der Waals surface area contributed by atoms with Gasteiger partial charge in [-0.15, -0.1) is 0 Å². The van der Waals surface area contributed by atoms with Gasteiger partial charge in [0.15, 0.2) is 11.5 Å². The zero-order valence-corrected chi connectivity index (χ0v) is 10.2. The zero-order chi connectivity index (χ0) is 12.3. The third-order valence-corrected chi connectivity index (χ3v) is 2.52. The molecule has 1 unspecified atom stereocenters. The number of benzene rings is 1. The van der Waals surface area contributed by atoms with Crippen LogP contribution in [0.1, 0.15) is 17.3 Å². The Labute approximate surface area is 99.3 Å². The Hall–Kier alpha value is -1.26. The summed E-state index contributed by atoms with van der Waals surface area (Å²) in [6.07, 6.45) is 0. The summed E-state index contributed by atoms with van der Waals surface area (Å²) in [7, 11) is 2.94. The third-order valence-electron chi connectivity index (χ3n) is 2.16. The lowest BCUT2D eigenvalue weighted by atomic mass is 10.0. The topological polar surface area (TPSA) is 61.5 Å². The van der Waals surface area contributed by atoms with Gasteiger partial charge in [-0.1, -0.05) is 11.6 Å². The molecule has 0 aliphatic heterocycles. The van der Waals surface area contributed by atoms with Gasteiger partial charge in [-0.3, -0.25) is 4.79 Å². The second kappa shape index (κ2) is 5.18. The summed E-state index contributed by atoms with van der Waals surface area (Å²) < 4.78 is 10.1. The lowest BCUT2D eigenvalue weighted by Crippen LogP contribution is -2.27. The molecule has 0 radical (unpaired) electrons. The van der Waals surface area contributed by atoms with Crippen molar-refractivity contribution in [2.45, 2.75) is 13.0 Å². The molecule has 1 aromatic carbocycles. The summed E-state index contributed by atoms with van der Waals surface area (Å²) in [4.78, 5) is 11.8. The van der Waals surface area contributed by atoms with E-state index in [-0.39, 0.29) is 10.8 Å². The molecule has 0 saturated heterocycles. The number of methoxy groups -OCH3 is 2. The van der Waals surface area contributed by atoms with E-state index in [2.05, 4.69) is 0 Å². The Morgan fingerprint density at radius 2 is 2.00 bits per heavy atom. The number of hydrogen-bond acceptors (Lipinski definition) is 4. The Bertz CT molecular complexity index is 404. The molecule has 0 aromatic heterocycles. The number of carbonyl (C=O) groups excluding carboxylic acids is 1. The van der Waals surface area contributed by atoms with Crippen LogP contribution in [0.5, 0.6) is 11.5 Å². The molecule has 4 nitrogen and oxygen atoms in total. The van der Waals surface area contributed by atoms with E-state index in [1.807, 2.05) is 0 Å². The maximum absolute atomic E-state index is 11.8. The van der Waals surface area contributed by atoms with Crippen molar-refractivity contribution < 1.29 is 14.3 Å². The number of rotatable bonds is 4. The number of halogens is 1. The maximum Gasteiger partial charge on any atom is 0.183 e. The van der Waals surface area contributed by atoms with E-state index in [9.17, 15) is 4.79 Å². The first-order chi connectivity index (χ1) is 7.52. The first kappa shape index (κ1) is 12.8. The molecule has 1 aromatic rings. The van der Waals surface area contributed by atoms with Crippen LogP contribution < -0.4 is 15.2 Å². The normalized spacial score (nSPS) is 12.1. The van der Waals surface area contributed by atoms with Crippen molar-refractivity contribution in [1.29, 1.82) is 0 Å². The largest absolute Gasteiger partial charge is 0.495 e. The fraction of sp³-hybridized carbons (Fsp3) is 0.364. The van der Waals surface area contributed by atoms with Gasteiger partial charge in [0.1, 0.15) is 10.8 Å². The zero-order valence-electron chi connectivity index (χ0n) is 9.41. The molecular formula is C11H14ClNO3. The minimum Gasteiger partial charge on any atom is -0.495 e. The highest BCUT2D eigenvalue weighted by Gasteiger charge is 2.20. The first-order valence-corrected chi connectivity index (χ1v) is 5.11. The van der Waals surface area contributed by atoms with E-state index in [0.717, 1.165) is 0 Å². The van der Waals surface area contributed by atoms with Crippen molar-refractivity contribution in [2.24, 2.45) is 5.73 Å². The second-order valence-electron chi connectivity index (χ2n) is 3.32. The molecule has 0 heterocycles. The fourth-order valence-electron chi connectivity index (χ4n) is 1.33. The smallest absolute Gasteiger partial charge is 0.183 e. The van der Waals surface area contributed by atoms with Gasteiger partial charge in [0.05, 0.1) is 25.8 Å². The van der Waals surface area contributed by atoms with E-state index in [1.54, 1.807) is 19.1 Å². The number of ketones is 1. The maximum atomic E-state index is 11.8. The van der Waals surface area contributed by atoms with Crippen LogP contribution in [0.3, 0.4) is 0 Å². The molecule has 16 heavy (non-hydrogen) atoms. The van der Waals surface area contributed by atoms with Crippen LogP contribution in [0.2, 0.25) is 5.02 Å². The van der Waals surface area contributed by atoms with E-state index >= 15 is 0 Å². The highest BCUT2D eigenvalue weighted by Crippen LogP contribution is 2.37. The molecule has 0 saturated carbocycles. The summed E-state index contributed by atoms with van der Waals surface area (Å²) in [5.74, 6) is 0.532. The van der Waals surface area contributed by atoms with Crippen molar-refractivity contribution in [1.82, 2.24) is 0 Å². The van der Waals surface area contributed by atoms with Crippen LogP contribution in [-0.4, -0.2) is 26.0 Å². The molecule has 0 spiro atoms. The fourth-order valence-corrected chi connectivity index (χ4v) is 1.65. The summed E-state index contributed by atoms with van der Waals surface area (Å²) in [5, 5.41) is 0.275. The summed E-state index contributed by atoms with van der Waals surface area (Å²) in [6.45, 7) is 1.61. The van der Waals surface area contributed by atoms with Gasteiger partial charge in [-0.2, -0.15) is 0 Å². The van der Waals surface area contributed by atoms with Crippen LogP contribution in [0, 0.1) is 0 Å². The Morgan fingerprint density at radius 3 is 2.44 bits per heavy atom. The third kappa shape index (κ3) is 2.28. The number of hydrogen-bond donors (Lipinski definition) is 1. The number of carbonyl (C=O) groups is 1. The average Bonchev–Trinajstić information content (AvgIpc) is 2.27. The minimum atomic E-state index is -0.599. The van der Waals surface area contributed by atoms with E-state index in [0.29, 0.717) is 17.1 Å². The van der Waals surface area contributed by atoms with Gasteiger partial charge in [-0.05, 0) is 19.1 Å². The first-order valence-electron chi connectivity index (χ1n) is 4.73. The molecule has 0 bridgehead atoms. The van der Waals surface area contributed by atoms with Crippen LogP contribution >= 0.6 is 11.6 Å². The molecule has 2 N–H and O–H groups in total. The van der Waals surface area contributed by atoms with Crippen molar-refractivity contribution in [3.8, 4) is 11.5 Å². The van der Waals surface area contributed by atoms with Gasteiger partial charge >= 0.3 is 0 Å². The average molecular weight is 244 g/mol. The lowest BCUT2D eigenvalue weighted by Gasteiger charge is -2.13. The highest BCUT2D eigenvalue weighted by atomic mass is 35.5. The van der Waals surface area contributed by atoms with Crippen molar-refractivity contribution >= 4 is 17.4 Å². The molecule has 0 aliphatic rings. The van der Waals surface area contributed by atoms with Gasteiger partial charge in [0.2, 0.25) is 0 Å². The highest BCUT2D eigenvalue weighted by molar-refractivity contribution is 6.34. The van der Waals surface area contributed by atoms with Crippen molar-refractivity contribution in [3.05, 3.63) is 22.7 Å². The SMILES string of the molecule is COc1ccc(C(=O)C(C)N)c(OC)c1Cl. The molecular weight excluding hydrogens is 230 g/mol. The molecule has 5 heteroatoms. The van der Waals surface area contributed by atoms with E-state index < -0.39 is 6.04 Å². The lowest BCUT2D eigenvalue weighted by molar-refractivity contribution is 0.0965. The van der Waals surface area contributed by atoms with Crippen LogP contribution in [0.4, 0.5) is 0 Å². The van der Waals surface area contributed by atoms with Gasteiger partial charge < -0.3 is 15.2 Å². The van der Waals surface area contributed by atoms with Crippen LogP contribution in [-0.2, 0) is 0 Å².